The number of thiazole rings is 1. The minimum Gasteiger partial charge on any atom is -0.399 e. The maximum atomic E-state index is 5.65. The van der Waals surface area contributed by atoms with Gasteiger partial charge >= 0.3 is 0 Å². The fourth-order valence-corrected chi connectivity index (χ4v) is 2.41. The summed E-state index contributed by atoms with van der Waals surface area (Å²) in [7, 11) is 0. The summed E-state index contributed by atoms with van der Waals surface area (Å²) in [6.07, 6.45) is 3.56. The highest BCUT2D eigenvalue weighted by Crippen LogP contribution is 2.26. The Bertz CT molecular complexity index is 661. The second-order valence-electron chi connectivity index (χ2n) is 4.03. The van der Waals surface area contributed by atoms with Crippen LogP contribution in [0.15, 0.2) is 54.2 Å². The van der Waals surface area contributed by atoms with Gasteiger partial charge in [0.1, 0.15) is 0 Å². The first-order valence-corrected chi connectivity index (χ1v) is 6.68. The molecular weight excluding hydrogens is 256 g/mol. The molecule has 0 atom stereocenters. The van der Waals surface area contributed by atoms with E-state index in [4.69, 9.17) is 5.73 Å². The molecule has 0 aliphatic heterocycles. The number of nitrogens with one attached hydrogen (secondary N) is 1. The maximum absolute atomic E-state index is 5.65. The van der Waals surface area contributed by atoms with Crippen LogP contribution in [0.5, 0.6) is 0 Å². The van der Waals surface area contributed by atoms with Crippen LogP contribution in [0.4, 0.5) is 16.5 Å². The Balaban J connectivity index is 1.80. The number of nitrogen functional groups attached to an aromatic ring is 1. The Kier molecular flexibility index (Phi) is 3.12. The van der Waals surface area contributed by atoms with Crippen LogP contribution in [-0.2, 0) is 0 Å². The van der Waals surface area contributed by atoms with Crippen molar-refractivity contribution < 1.29 is 0 Å². The van der Waals surface area contributed by atoms with Gasteiger partial charge in [0.05, 0.1) is 5.69 Å². The molecule has 0 bridgehead atoms. The summed E-state index contributed by atoms with van der Waals surface area (Å²) in [5.41, 5.74) is 9.32. The second kappa shape index (κ2) is 5.07. The number of rotatable bonds is 3. The van der Waals surface area contributed by atoms with Gasteiger partial charge in [-0.25, -0.2) is 4.98 Å². The molecule has 0 saturated carbocycles. The number of hydrogen-bond donors (Lipinski definition) is 2. The monoisotopic (exact) mass is 268 g/mol. The van der Waals surface area contributed by atoms with Gasteiger partial charge in [-0.05, 0) is 36.4 Å². The third-order valence-electron chi connectivity index (χ3n) is 2.62. The normalized spacial score (nSPS) is 10.3. The van der Waals surface area contributed by atoms with Crippen LogP contribution in [0.2, 0.25) is 0 Å². The van der Waals surface area contributed by atoms with Gasteiger partial charge in [0.2, 0.25) is 0 Å². The number of nitrogens with two attached hydrogens (primary N) is 1. The molecule has 0 aliphatic carbocycles. The Morgan fingerprint density at radius 3 is 2.68 bits per heavy atom. The molecule has 2 heterocycles. The first-order valence-electron chi connectivity index (χ1n) is 5.80. The third-order valence-corrected chi connectivity index (χ3v) is 3.38. The minimum atomic E-state index is 0.751. The molecule has 19 heavy (non-hydrogen) atoms. The van der Waals surface area contributed by atoms with Crippen molar-refractivity contribution in [1.29, 1.82) is 0 Å². The zero-order chi connectivity index (χ0) is 13.1. The summed E-state index contributed by atoms with van der Waals surface area (Å²) in [4.78, 5) is 8.63. The van der Waals surface area contributed by atoms with Crippen LogP contribution in [-0.4, -0.2) is 9.97 Å². The first kappa shape index (κ1) is 11.7. The zero-order valence-corrected chi connectivity index (χ0v) is 10.9. The molecule has 94 valence electrons. The van der Waals surface area contributed by atoms with E-state index in [-0.39, 0.29) is 0 Å². The second-order valence-corrected chi connectivity index (χ2v) is 4.88. The molecule has 1 aromatic carbocycles. The van der Waals surface area contributed by atoms with Crippen LogP contribution >= 0.6 is 11.3 Å². The number of nitrogens with zero attached hydrogens (tertiary/aromatic N) is 2. The van der Waals surface area contributed by atoms with Gasteiger partial charge in [0, 0.05) is 34.7 Å². The van der Waals surface area contributed by atoms with Crippen molar-refractivity contribution in [2.75, 3.05) is 11.1 Å². The lowest BCUT2D eigenvalue weighted by Crippen LogP contribution is -1.90. The van der Waals surface area contributed by atoms with E-state index in [2.05, 4.69) is 15.3 Å². The summed E-state index contributed by atoms with van der Waals surface area (Å²) in [6.45, 7) is 0. The van der Waals surface area contributed by atoms with Crippen LogP contribution in [0.3, 0.4) is 0 Å². The Morgan fingerprint density at radius 1 is 1.11 bits per heavy atom. The van der Waals surface area contributed by atoms with Crippen molar-refractivity contribution in [3.63, 3.8) is 0 Å². The van der Waals surface area contributed by atoms with Crippen molar-refractivity contribution in [2.45, 2.75) is 0 Å². The average Bonchev–Trinajstić information content (AvgIpc) is 2.91. The lowest BCUT2D eigenvalue weighted by atomic mass is 10.2. The van der Waals surface area contributed by atoms with Crippen LogP contribution in [0.25, 0.3) is 11.3 Å². The molecule has 0 fully saturated rings. The van der Waals surface area contributed by atoms with Gasteiger partial charge in [-0.1, -0.05) is 0 Å². The molecule has 4 nitrogen and oxygen atoms in total. The van der Waals surface area contributed by atoms with E-state index in [9.17, 15) is 0 Å². The molecule has 0 unspecified atom stereocenters. The third kappa shape index (κ3) is 2.71. The van der Waals surface area contributed by atoms with E-state index in [0.29, 0.717) is 0 Å². The van der Waals surface area contributed by atoms with Gasteiger partial charge in [-0.2, -0.15) is 0 Å². The predicted molar refractivity (Wildman–Crippen MR) is 79.5 cm³/mol. The smallest absolute Gasteiger partial charge is 0.187 e. The van der Waals surface area contributed by atoms with E-state index in [1.807, 2.05) is 48.0 Å². The Labute approximate surface area is 115 Å². The lowest BCUT2D eigenvalue weighted by Gasteiger charge is -2.02. The number of anilines is 3. The van der Waals surface area contributed by atoms with Crippen molar-refractivity contribution in [2.24, 2.45) is 0 Å². The molecule has 2 aromatic heterocycles. The highest BCUT2D eigenvalue weighted by Gasteiger charge is 2.04. The first-order chi connectivity index (χ1) is 9.31. The quantitative estimate of drug-likeness (QED) is 0.713. The Morgan fingerprint density at radius 2 is 1.95 bits per heavy atom. The fraction of sp³-hybridized carbons (Fsp3) is 0. The van der Waals surface area contributed by atoms with Gasteiger partial charge in [-0.15, -0.1) is 11.3 Å². The number of hydrogen-bond acceptors (Lipinski definition) is 5. The molecule has 0 amide bonds. The lowest BCUT2D eigenvalue weighted by molar-refractivity contribution is 1.30. The van der Waals surface area contributed by atoms with E-state index in [1.54, 1.807) is 17.5 Å². The van der Waals surface area contributed by atoms with Gasteiger partial charge in [0.15, 0.2) is 5.13 Å². The zero-order valence-electron chi connectivity index (χ0n) is 10.1. The van der Waals surface area contributed by atoms with Crippen LogP contribution in [0, 0.1) is 0 Å². The molecule has 3 rings (SSSR count). The van der Waals surface area contributed by atoms with Gasteiger partial charge in [-0.3, -0.25) is 4.98 Å². The summed E-state index contributed by atoms with van der Waals surface area (Å²) in [6, 6.07) is 11.5. The van der Waals surface area contributed by atoms with E-state index < -0.39 is 0 Å². The Hall–Kier alpha value is -2.40. The molecule has 0 aliphatic rings. The highest BCUT2D eigenvalue weighted by atomic mass is 32.1. The topological polar surface area (TPSA) is 63.8 Å². The summed E-state index contributed by atoms with van der Waals surface area (Å²) < 4.78 is 0. The van der Waals surface area contributed by atoms with E-state index in [0.717, 1.165) is 27.8 Å². The average molecular weight is 268 g/mol. The standard InChI is InChI=1S/C14H12N4S/c15-11-3-5-12(6-4-11)17-14-18-13(9-19-14)10-2-1-7-16-8-10/h1-9H,15H2,(H,17,18). The minimum absolute atomic E-state index is 0.751. The van der Waals surface area contributed by atoms with Crippen LogP contribution < -0.4 is 11.1 Å². The van der Waals surface area contributed by atoms with Crippen molar-refractivity contribution >= 4 is 27.8 Å². The van der Waals surface area contributed by atoms with Gasteiger partial charge in [0.25, 0.3) is 0 Å². The number of pyridine rings is 1. The molecule has 3 N–H and O–H groups in total. The van der Waals surface area contributed by atoms with Crippen molar-refractivity contribution in [1.82, 2.24) is 9.97 Å². The van der Waals surface area contributed by atoms with Crippen molar-refractivity contribution in [3.8, 4) is 11.3 Å². The molecular formula is C14H12N4S. The summed E-state index contributed by atoms with van der Waals surface area (Å²) >= 11 is 1.56. The number of aromatic nitrogens is 2. The van der Waals surface area contributed by atoms with E-state index >= 15 is 0 Å². The number of benzene rings is 1. The molecule has 0 saturated heterocycles. The summed E-state index contributed by atoms with van der Waals surface area (Å²) in [5.74, 6) is 0. The fourth-order valence-electron chi connectivity index (χ4n) is 1.67. The molecule has 0 radical (unpaired) electrons. The summed E-state index contributed by atoms with van der Waals surface area (Å²) in [5, 5.41) is 6.11. The SMILES string of the molecule is Nc1ccc(Nc2nc(-c3cccnc3)cs2)cc1. The predicted octanol–water partition coefficient (Wildman–Crippen LogP) is 3.53. The molecule has 5 heteroatoms. The highest BCUT2D eigenvalue weighted by molar-refractivity contribution is 7.14. The van der Waals surface area contributed by atoms with Crippen LogP contribution in [0.1, 0.15) is 0 Å². The van der Waals surface area contributed by atoms with Crippen molar-refractivity contribution in [3.05, 3.63) is 54.2 Å². The molecule has 0 spiro atoms. The maximum Gasteiger partial charge on any atom is 0.187 e. The molecule has 3 aromatic rings. The largest absolute Gasteiger partial charge is 0.399 e. The van der Waals surface area contributed by atoms with Gasteiger partial charge < -0.3 is 11.1 Å². The van der Waals surface area contributed by atoms with E-state index in [1.165, 1.54) is 0 Å².